The van der Waals surface area contributed by atoms with E-state index >= 15 is 0 Å². The number of benzene rings is 3. The van der Waals surface area contributed by atoms with Crippen LogP contribution in [0.1, 0.15) is 26.3 Å². The van der Waals surface area contributed by atoms with E-state index in [0.29, 0.717) is 5.56 Å². The Hall–Kier alpha value is -4.66. The molecule has 3 aromatic rings. The molecule has 0 unspecified atom stereocenters. The first-order chi connectivity index (χ1) is 14.8. The topological polar surface area (TPSA) is 132 Å². The number of hydrogen-bond acceptors (Lipinski definition) is 6. The minimum absolute atomic E-state index is 0.249. The molecule has 9 nitrogen and oxygen atoms in total. The Kier molecular flexibility index (Phi) is 6.27. The number of non-ortho nitro benzene ring substituents is 2. The van der Waals surface area contributed by atoms with Crippen LogP contribution in [0.3, 0.4) is 0 Å². The van der Waals surface area contributed by atoms with Crippen LogP contribution in [0.2, 0.25) is 0 Å². The number of amides is 1. The molecule has 0 saturated heterocycles. The van der Waals surface area contributed by atoms with Crippen LogP contribution in [0, 0.1) is 20.2 Å². The fourth-order valence-corrected chi connectivity index (χ4v) is 2.72. The summed E-state index contributed by atoms with van der Waals surface area (Å²) in [5.74, 6) is -1.07. The van der Waals surface area contributed by atoms with Crippen molar-refractivity contribution in [3.63, 3.8) is 0 Å². The fraction of sp³-hybridized carbons (Fsp3) is 0. The quantitative estimate of drug-likeness (QED) is 0.257. The lowest BCUT2D eigenvalue weighted by Gasteiger charge is -2.07. The van der Waals surface area contributed by atoms with Gasteiger partial charge in [0.15, 0.2) is 5.78 Å². The summed E-state index contributed by atoms with van der Waals surface area (Å²) in [6.07, 6.45) is 3.07. The normalized spacial score (nSPS) is 10.6. The molecule has 1 N–H and O–H groups in total. The zero-order valence-corrected chi connectivity index (χ0v) is 15.9. The first-order valence-corrected chi connectivity index (χ1v) is 8.96. The van der Waals surface area contributed by atoms with Gasteiger partial charge < -0.3 is 5.32 Å². The molecule has 0 spiro atoms. The van der Waals surface area contributed by atoms with Crippen LogP contribution in [0.4, 0.5) is 17.1 Å². The average Bonchev–Trinajstić information content (AvgIpc) is 2.78. The summed E-state index contributed by atoms with van der Waals surface area (Å²) in [4.78, 5) is 45.3. The zero-order valence-electron chi connectivity index (χ0n) is 15.9. The highest BCUT2D eigenvalue weighted by Gasteiger charge is 2.20. The molecule has 0 fully saturated rings. The van der Waals surface area contributed by atoms with Crippen LogP contribution in [0.15, 0.2) is 78.9 Å². The Morgan fingerprint density at radius 3 is 2.03 bits per heavy atom. The third-order valence-corrected chi connectivity index (χ3v) is 4.22. The standard InChI is InChI=1S/C22H15N3O6/c26-21(10-9-15-5-2-1-3-6-15)16-7-4-8-18(11-16)23-22(27)17-12-19(24(28)29)14-20(13-17)25(30)31/h1-14H,(H,23,27)/b10-9+. The highest BCUT2D eigenvalue weighted by molar-refractivity contribution is 6.09. The van der Waals surface area contributed by atoms with E-state index in [9.17, 15) is 29.8 Å². The lowest BCUT2D eigenvalue weighted by molar-refractivity contribution is -0.394. The summed E-state index contributed by atoms with van der Waals surface area (Å²) in [5.41, 5.74) is 0.0333. The lowest BCUT2D eigenvalue weighted by Crippen LogP contribution is -2.13. The first-order valence-electron chi connectivity index (χ1n) is 8.96. The highest BCUT2D eigenvalue weighted by Crippen LogP contribution is 2.23. The van der Waals surface area contributed by atoms with E-state index in [1.165, 1.54) is 18.2 Å². The molecular weight excluding hydrogens is 402 g/mol. The third kappa shape index (κ3) is 5.45. The average molecular weight is 417 g/mol. The van der Waals surface area contributed by atoms with Gasteiger partial charge in [0.25, 0.3) is 17.3 Å². The van der Waals surface area contributed by atoms with Gasteiger partial charge in [-0.15, -0.1) is 0 Å². The van der Waals surface area contributed by atoms with E-state index in [1.807, 2.05) is 30.3 Å². The van der Waals surface area contributed by atoms with E-state index in [2.05, 4.69) is 5.32 Å². The summed E-state index contributed by atoms with van der Waals surface area (Å²) in [6, 6.07) is 18.0. The molecule has 0 bridgehead atoms. The number of carbonyl (C=O) groups is 2. The Morgan fingerprint density at radius 1 is 0.774 bits per heavy atom. The number of allylic oxidation sites excluding steroid dienone is 1. The van der Waals surface area contributed by atoms with Crippen LogP contribution in [0.25, 0.3) is 6.08 Å². The minimum atomic E-state index is -0.817. The number of anilines is 1. The van der Waals surface area contributed by atoms with Crippen molar-refractivity contribution >= 4 is 34.8 Å². The molecule has 3 rings (SSSR count). The van der Waals surface area contributed by atoms with Crippen molar-refractivity contribution in [2.24, 2.45) is 0 Å². The van der Waals surface area contributed by atoms with Gasteiger partial charge in [-0.3, -0.25) is 29.8 Å². The first kappa shape index (κ1) is 21.1. The zero-order chi connectivity index (χ0) is 22.4. The van der Waals surface area contributed by atoms with Crippen molar-refractivity contribution in [3.8, 4) is 0 Å². The van der Waals surface area contributed by atoms with E-state index in [1.54, 1.807) is 18.2 Å². The smallest absolute Gasteiger partial charge is 0.277 e. The van der Waals surface area contributed by atoms with E-state index in [0.717, 1.165) is 23.8 Å². The molecule has 0 aliphatic rings. The molecule has 0 aliphatic heterocycles. The van der Waals surface area contributed by atoms with Crippen molar-refractivity contribution in [1.82, 2.24) is 0 Å². The van der Waals surface area contributed by atoms with Gasteiger partial charge in [-0.25, -0.2) is 0 Å². The lowest BCUT2D eigenvalue weighted by atomic mass is 10.1. The number of ketones is 1. The van der Waals surface area contributed by atoms with Crippen molar-refractivity contribution < 1.29 is 19.4 Å². The van der Waals surface area contributed by atoms with Gasteiger partial charge in [0.2, 0.25) is 0 Å². The summed E-state index contributed by atoms with van der Waals surface area (Å²) in [6.45, 7) is 0. The van der Waals surface area contributed by atoms with Gasteiger partial charge in [-0.05, 0) is 23.8 Å². The molecule has 3 aromatic carbocycles. The summed E-state index contributed by atoms with van der Waals surface area (Å²) in [5, 5.41) is 24.5. The van der Waals surface area contributed by atoms with Crippen LogP contribution < -0.4 is 5.32 Å². The molecule has 0 saturated carbocycles. The van der Waals surface area contributed by atoms with Gasteiger partial charge in [-0.2, -0.15) is 0 Å². The largest absolute Gasteiger partial charge is 0.322 e. The van der Waals surface area contributed by atoms with Crippen molar-refractivity contribution in [2.45, 2.75) is 0 Å². The molecule has 0 heterocycles. The minimum Gasteiger partial charge on any atom is -0.322 e. The molecule has 31 heavy (non-hydrogen) atoms. The number of nitrogens with zero attached hydrogens (tertiary/aromatic N) is 2. The number of nitro groups is 2. The summed E-state index contributed by atoms with van der Waals surface area (Å²) < 4.78 is 0. The summed E-state index contributed by atoms with van der Waals surface area (Å²) in [7, 11) is 0. The number of rotatable bonds is 7. The molecule has 0 aliphatic carbocycles. The number of hydrogen-bond donors (Lipinski definition) is 1. The molecular formula is C22H15N3O6. The van der Waals surface area contributed by atoms with Crippen LogP contribution in [-0.2, 0) is 0 Å². The predicted molar refractivity (Wildman–Crippen MR) is 114 cm³/mol. The monoisotopic (exact) mass is 417 g/mol. The maximum atomic E-state index is 12.5. The fourth-order valence-electron chi connectivity index (χ4n) is 2.72. The number of nitro benzene ring substituents is 2. The highest BCUT2D eigenvalue weighted by atomic mass is 16.6. The van der Waals surface area contributed by atoms with Gasteiger partial charge in [0.1, 0.15) is 0 Å². The van der Waals surface area contributed by atoms with E-state index < -0.39 is 27.1 Å². The summed E-state index contributed by atoms with van der Waals surface area (Å²) >= 11 is 0. The van der Waals surface area contributed by atoms with E-state index in [4.69, 9.17) is 0 Å². The second-order valence-electron chi connectivity index (χ2n) is 6.40. The van der Waals surface area contributed by atoms with Crippen LogP contribution in [0.5, 0.6) is 0 Å². The van der Waals surface area contributed by atoms with Crippen LogP contribution in [-0.4, -0.2) is 21.5 Å². The maximum absolute atomic E-state index is 12.5. The second kappa shape index (κ2) is 9.23. The van der Waals surface area contributed by atoms with Gasteiger partial charge in [-0.1, -0.05) is 48.5 Å². The van der Waals surface area contributed by atoms with Gasteiger partial charge in [0, 0.05) is 23.4 Å². The van der Waals surface area contributed by atoms with Crippen molar-refractivity contribution in [3.05, 3.63) is 116 Å². The Labute approximate surface area is 175 Å². The Morgan fingerprint density at radius 2 is 1.42 bits per heavy atom. The SMILES string of the molecule is O=C(/C=C/c1ccccc1)c1cccc(NC(=O)c2cc([N+](=O)[O-])cc([N+](=O)[O-])c2)c1. The van der Waals surface area contributed by atoms with Crippen molar-refractivity contribution in [1.29, 1.82) is 0 Å². The van der Waals surface area contributed by atoms with Gasteiger partial charge in [0.05, 0.1) is 21.5 Å². The molecule has 0 aromatic heterocycles. The van der Waals surface area contributed by atoms with E-state index in [-0.39, 0.29) is 17.0 Å². The number of carbonyl (C=O) groups excluding carboxylic acids is 2. The Balaban J connectivity index is 1.80. The molecule has 0 radical (unpaired) electrons. The predicted octanol–water partition coefficient (Wildman–Crippen LogP) is 4.65. The molecule has 9 heteroatoms. The second-order valence-corrected chi connectivity index (χ2v) is 6.40. The number of nitrogens with one attached hydrogen (secondary N) is 1. The van der Waals surface area contributed by atoms with Gasteiger partial charge >= 0.3 is 0 Å². The Bertz CT molecular complexity index is 1170. The molecule has 1 amide bonds. The maximum Gasteiger partial charge on any atom is 0.277 e. The van der Waals surface area contributed by atoms with Crippen LogP contribution >= 0.6 is 0 Å². The third-order valence-electron chi connectivity index (χ3n) is 4.22. The molecule has 0 atom stereocenters. The molecule has 154 valence electrons. The van der Waals surface area contributed by atoms with Crippen molar-refractivity contribution in [2.75, 3.05) is 5.32 Å².